The van der Waals surface area contributed by atoms with Crippen LogP contribution in [0.5, 0.6) is 0 Å². The average Bonchev–Trinajstić information content (AvgIpc) is 2.91. The highest BCUT2D eigenvalue weighted by molar-refractivity contribution is 5.92. The van der Waals surface area contributed by atoms with Crippen molar-refractivity contribution < 1.29 is 23.1 Å². The van der Waals surface area contributed by atoms with Crippen molar-refractivity contribution in [2.75, 3.05) is 6.61 Å². The first kappa shape index (κ1) is 16.0. The van der Waals surface area contributed by atoms with Crippen molar-refractivity contribution in [1.82, 2.24) is 14.8 Å². The maximum Gasteiger partial charge on any atom is 0.433 e. The van der Waals surface area contributed by atoms with Gasteiger partial charge in [0.1, 0.15) is 11.4 Å². The molecule has 0 saturated carbocycles. The normalized spacial score (nSPS) is 13.1. The zero-order valence-electron chi connectivity index (χ0n) is 11.5. The minimum Gasteiger partial charge on any atom is -0.394 e. The number of nitrogens with zero attached hydrogens (tertiary/aromatic N) is 3. The van der Waals surface area contributed by atoms with Gasteiger partial charge in [-0.15, -0.1) is 0 Å². The van der Waals surface area contributed by atoms with Crippen LogP contribution in [-0.2, 0) is 6.18 Å². The number of pyridine rings is 1. The number of aromatic nitrogens is 3. The molecule has 1 unspecified atom stereocenters. The maximum absolute atomic E-state index is 13.0. The second-order valence-corrected chi connectivity index (χ2v) is 4.69. The molecule has 0 aliphatic rings. The SMILES string of the molecule is CC(CO)n1nc(-c2ccc(C(N)=O)cn2)cc1C(F)(F)F. The number of hydrogen-bond donors (Lipinski definition) is 2. The van der Waals surface area contributed by atoms with Gasteiger partial charge in [-0.25, -0.2) is 0 Å². The Morgan fingerprint density at radius 1 is 1.41 bits per heavy atom. The third kappa shape index (κ3) is 3.08. The largest absolute Gasteiger partial charge is 0.433 e. The molecular weight excluding hydrogens is 301 g/mol. The first-order valence-corrected chi connectivity index (χ1v) is 6.28. The molecule has 2 rings (SSSR count). The molecule has 2 aromatic rings. The van der Waals surface area contributed by atoms with E-state index in [0.717, 1.165) is 6.07 Å². The third-order valence-corrected chi connectivity index (χ3v) is 3.02. The number of carbonyl (C=O) groups is 1. The summed E-state index contributed by atoms with van der Waals surface area (Å²) in [6, 6.07) is 2.72. The van der Waals surface area contributed by atoms with Gasteiger partial charge in [0.05, 0.1) is 23.9 Å². The van der Waals surface area contributed by atoms with Crippen LogP contribution in [0, 0.1) is 0 Å². The standard InChI is InChI=1S/C13H13F3N4O2/c1-7(6-21)20-11(13(14,15)16)4-10(19-20)9-3-2-8(5-18-9)12(17)22/h2-5,7,21H,6H2,1H3,(H2,17,22). The lowest BCUT2D eigenvalue weighted by Crippen LogP contribution is -2.19. The quantitative estimate of drug-likeness (QED) is 0.896. The number of hydrogen-bond acceptors (Lipinski definition) is 4. The smallest absolute Gasteiger partial charge is 0.394 e. The Balaban J connectivity index is 2.48. The minimum atomic E-state index is -4.61. The van der Waals surface area contributed by atoms with Gasteiger partial charge < -0.3 is 10.8 Å². The molecule has 0 radical (unpaired) electrons. The van der Waals surface area contributed by atoms with Crippen LogP contribution in [0.4, 0.5) is 13.2 Å². The van der Waals surface area contributed by atoms with E-state index < -0.39 is 30.4 Å². The molecule has 2 heterocycles. The molecule has 1 amide bonds. The molecule has 22 heavy (non-hydrogen) atoms. The summed E-state index contributed by atoms with van der Waals surface area (Å²) in [5.41, 5.74) is 4.39. The van der Waals surface area contributed by atoms with Crippen LogP contribution in [0.1, 0.15) is 29.0 Å². The van der Waals surface area contributed by atoms with E-state index in [4.69, 9.17) is 10.8 Å². The Bertz CT molecular complexity index is 680. The number of rotatable bonds is 4. The summed E-state index contributed by atoms with van der Waals surface area (Å²) in [6.45, 7) is 0.924. The number of nitrogens with two attached hydrogens (primary N) is 1. The number of aliphatic hydroxyl groups is 1. The Morgan fingerprint density at radius 2 is 2.09 bits per heavy atom. The van der Waals surface area contributed by atoms with Gasteiger partial charge in [-0.05, 0) is 25.1 Å². The fraction of sp³-hybridized carbons (Fsp3) is 0.308. The summed E-state index contributed by atoms with van der Waals surface area (Å²) in [6.07, 6.45) is -3.44. The van der Waals surface area contributed by atoms with E-state index in [1.165, 1.54) is 25.3 Å². The molecule has 0 aliphatic heterocycles. The van der Waals surface area contributed by atoms with Crippen molar-refractivity contribution in [3.63, 3.8) is 0 Å². The molecular formula is C13H13F3N4O2. The zero-order valence-corrected chi connectivity index (χ0v) is 11.5. The zero-order chi connectivity index (χ0) is 16.5. The average molecular weight is 314 g/mol. The number of primary amides is 1. The Kier molecular flexibility index (Phi) is 4.18. The van der Waals surface area contributed by atoms with E-state index in [1.54, 1.807) is 0 Å². The predicted molar refractivity (Wildman–Crippen MR) is 70.8 cm³/mol. The van der Waals surface area contributed by atoms with Crippen molar-refractivity contribution in [1.29, 1.82) is 0 Å². The molecule has 0 saturated heterocycles. The van der Waals surface area contributed by atoms with E-state index in [0.29, 0.717) is 4.68 Å². The Morgan fingerprint density at radius 3 is 2.55 bits per heavy atom. The highest BCUT2D eigenvalue weighted by Gasteiger charge is 2.37. The van der Waals surface area contributed by atoms with Crippen LogP contribution < -0.4 is 5.73 Å². The molecule has 0 spiro atoms. The second-order valence-electron chi connectivity index (χ2n) is 4.69. The fourth-order valence-corrected chi connectivity index (χ4v) is 1.84. The van der Waals surface area contributed by atoms with Crippen LogP contribution in [-0.4, -0.2) is 32.4 Å². The third-order valence-electron chi connectivity index (χ3n) is 3.02. The van der Waals surface area contributed by atoms with Crippen LogP contribution in [0.15, 0.2) is 24.4 Å². The van der Waals surface area contributed by atoms with Crippen molar-refractivity contribution in [2.45, 2.75) is 19.1 Å². The van der Waals surface area contributed by atoms with Crippen molar-refractivity contribution >= 4 is 5.91 Å². The molecule has 9 heteroatoms. The topological polar surface area (TPSA) is 94.0 Å². The van der Waals surface area contributed by atoms with E-state index in [1.807, 2.05) is 0 Å². The van der Waals surface area contributed by atoms with Crippen LogP contribution in [0.2, 0.25) is 0 Å². The lowest BCUT2D eigenvalue weighted by Gasteiger charge is -2.14. The van der Waals surface area contributed by atoms with Crippen LogP contribution >= 0.6 is 0 Å². The lowest BCUT2D eigenvalue weighted by atomic mass is 10.2. The summed E-state index contributed by atoms with van der Waals surface area (Å²) in [5.74, 6) is -0.686. The van der Waals surface area contributed by atoms with Gasteiger partial charge in [0.25, 0.3) is 0 Å². The number of halogens is 3. The molecule has 0 aliphatic carbocycles. The fourth-order valence-electron chi connectivity index (χ4n) is 1.84. The first-order chi connectivity index (χ1) is 10.2. The van der Waals surface area contributed by atoms with Crippen LogP contribution in [0.25, 0.3) is 11.4 Å². The first-order valence-electron chi connectivity index (χ1n) is 6.28. The second kappa shape index (κ2) is 5.76. The number of carbonyl (C=O) groups excluding carboxylic acids is 1. The summed E-state index contributed by atoms with van der Waals surface area (Å²) < 4.78 is 39.8. The molecule has 0 bridgehead atoms. The number of amides is 1. The molecule has 6 nitrogen and oxygen atoms in total. The highest BCUT2D eigenvalue weighted by Crippen LogP contribution is 2.33. The number of aliphatic hydroxyl groups excluding tert-OH is 1. The molecule has 3 N–H and O–H groups in total. The molecule has 0 fully saturated rings. The molecule has 1 atom stereocenters. The Labute approximate surface area is 123 Å². The van der Waals surface area contributed by atoms with Gasteiger partial charge >= 0.3 is 6.18 Å². The summed E-state index contributed by atoms with van der Waals surface area (Å²) in [5, 5.41) is 12.9. The summed E-state index contributed by atoms with van der Waals surface area (Å²) in [7, 11) is 0. The van der Waals surface area contributed by atoms with Gasteiger partial charge in [-0.1, -0.05) is 0 Å². The van der Waals surface area contributed by atoms with E-state index in [-0.39, 0.29) is 17.0 Å². The summed E-state index contributed by atoms with van der Waals surface area (Å²) in [4.78, 5) is 14.8. The summed E-state index contributed by atoms with van der Waals surface area (Å²) >= 11 is 0. The number of alkyl halides is 3. The van der Waals surface area contributed by atoms with Gasteiger partial charge in [-0.3, -0.25) is 14.5 Å². The van der Waals surface area contributed by atoms with Crippen molar-refractivity contribution in [3.05, 3.63) is 35.7 Å². The van der Waals surface area contributed by atoms with Gasteiger partial charge in [-0.2, -0.15) is 18.3 Å². The lowest BCUT2D eigenvalue weighted by molar-refractivity contribution is -0.145. The van der Waals surface area contributed by atoms with E-state index in [9.17, 15) is 18.0 Å². The van der Waals surface area contributed by atoms with Gasteiger partial charge in [0.2, 0.25) is 5.91 Å². The van der Waals surface area contributed by atoms with Gasteiger partial charge in [0.15, 0.2) is 0 Å². The minimum absolute atomic E-state index is 0.0105. The molecule has 2 aromatic heterocycles. The van der Waals surface area contributed by atoms with E-state index >= 15 is 0 Å². The maximum atomic E-state index is 13.0. The molecule has 118 valence electrons. The predicted octanol–water partition coefficient (Wildman–Crippen LogP) is 1.62. The van der Waals surface area contributed by atoms with Gasteiger partial charge in [0, 0.05) is 6.20 Å². The Hall–Kier alpha value is -2.42. The highest BCUT2D eigenvalue weighted by atomic mass is 19.4. The molecule has 0 aromatic carbocycles. The van der Waals surface area contributed by atoms with Crippen LogP contribution in [0.3, 0.4) is 0 Å². The van der Waals surface area contributed by atoms with Crippen molar-refractivity contribution in [3.8, 4) is 11.4 Å². The monoisotopic (exact) mass is 314 g/mol. The van der Waals surface area contributed by atoms with Crippen molar-refractivity contribution in [2.24, 2.45) is 5.73 Å². The van der Waals surface area contributed by atoms with E-state index in [2.05, 4.69) is 10.1 Å².